The lowest BCUT2D eigenvalue weighted by Crippen LogP contribution is -2.24. The average Bonchev–Trinajstić information content (AvgIpc) is 2.91. The molecular formula is C13H11FN2O2S. The Kier molecular flexibility index (Phi) is 4.63. The van der Waals surface area contributed by atoms with Crippen molar-refractivity contribution in [3.8, 4) is 5.75 Å². The third kappa shape index (κ3) is 4.18. The third-order valence-electron chi connectivity index (χ3n) is 2.14. The lowest BCUT2D eigenvalue weighted by molar-refractivity contribution is -0.123. The second-order valence-corrected chi connectivity index (χ2v) is 4.35. The summed E-state index contributed by atoms with van der Waals surface area (Å²) < 4.78 is 18.2. The maximum absolute atomic E-state index is 13.2. The Morgan fingerprint density at radius 3 is 3.00 bits per heavy atom. The second kappa shape index (κ2) is 6.65. The van der Waals surface area contributed by atoms with Crippen molar-refractivity contribution in [3.63, 3.8) is 0 Å². The highest BCUT2D eigenvalue weighted by atomic mass is 32.1. The number of halogens is 1. The van der Waals surface area contributed by atoms with Crippen LogP contribution in [-0.2, 0) is 4.79 Å². The molecule has 98 valence electrons. The lowest BCUT2D eigenvalue weighted by Gasteiger charge is -2.05. The molecule has 0 unspecified atom stereocenters. The van der Waals surface area contributed by atoms with Crippen molar-refractivity contribution in [1.29, 1.82) is 0 Å². The van der Waals surface area contributed by atoms with Crippen molar-refractivity contribution >= 4 is 23.5 Å². The molecule has 6 heteroatoms. The van der Waals surface area contributed by atoms with Crippen LogP contribution in [-0.4, -0.2) is 18.7 Å². The number of amides is 1. The molecule has 0 aliphatic rings. The van der Waals surface area contributed by atoms with Crippen LogP contribution in [0.2, 0.25) is 0 Å². The number of ether oxygens (including phenoxy) is 1. The van der Waals surface area contributed by atoms with Crippen LogP contribution in [0.15, 0.2) is 46.2 Å². The van der Waals surface area contributed by atoms with Crippen LogP contribution in [0, 0.1) is 5.82 Å². The van der Waals surface area contributed by atoms with Crippen molar-refractivity contribution in [2.24, 2.45) is 5.10 Å². The number of carbonyl (C=O) groups is 1. The Morgan fingerprint density at radius 2 is 2.26 bits per heavy atom. The zero-order valence-electron chi connectivity index (χ0n) is 9.88. The summed E-state index contributed by atoms with van der Waals surface area (Å²) in [5, 5.41) is 7.56. The van der Waals surface area contributed by atoms with Crippen LogP contribution in [0.1, 0.15) is 5.56 Å². The molecule has 1 heterocycles. The van der Waals surface area contributed by atoms with Gasteiger partial charge in [-0.2, -0.15) is 16.4 Å². The Balaban J connectivity index is 1.78. The first kappa shape index (κ1) is 13.2. The van der Waals surface area contributed by atoms with E-state index in [2.05, 4.69) is 10.5 Å². The Hall–Kier alpha value is -2.21. The Morgan fingerprint density at radius 1 is 1.42 bits per heavy atom. The van der Waals surface area contributed by atoms with Gasteiger partial charge in [-0.15, -0.1) is 0 Å². The first-order valence-corrected chi connectivity index (χ1v) is 6.41. The standard InChI is InChI=1S/C13H11FN2O2S/c14-11-3-1-2-4-12(11)18-8-13(17)16-15-7-10-5-6-19-9-10/h1-7,9H,8H2,(H,16,17)/b15-7+. The molecule has 0 aliphatic heterocycles. The van der Waals surface area contributed by atoms with E-state index in [1.54, 1.807) is 12.1 Å². The summed E-state index contributed by atoms with van der Waals surface area (Å²) >= 11 is 1.54. The minimum absolute atomic E-state index is 0.0412. The predicted octanol–water partition coefficient (Wildman–Crippen LogP) is 2.42. The number of hydrazone groups is 1. The highest BCUT2D eigenvalue weighted by Crippen LogP contribution is 2.14. The molecule has 0 radical (unpaired) electrons. The molecule has 4 nitrogen and oxygen atoms in total. The van der Waals surface area contributed by atoms with E-state index in [9.17, 15) is 9.18 Å². The van der Waals surface area contributed by atoms with Crippen LogP contribution in [0.5, 0.6) is 5.75 Å². The van der Waals surface area contributed by atoms with Gasteiger partial charge in [0.15, 0.2) is 18.2 Å². The Labute approximate surface area is 113 Å². The maximum Gasteiger partial charge on any atom is 0.277 e. The van der Waals surface area contributed by atoms with Crippen molar-refractivity contribution in [3.05, 3.63) is 52.5 Å². The fourth-order valence-corrected chi connectivity index (χ4v) is 1.88. The molecule has 1 aromatic carbocycles. The number of nitrogens with one attached hydrogen (secondary N) is 1. The van der Waals surface area contributed by atoms with E-state index in [-0.39, 0.29) is 12.4 Å². The van der Waals surface area contributed by atoms with Crippen LogP contribution in [0.3, 0.4) is 0 Å². The fraction of sp³-hybridized carbons (Fsp3) is 0.0769. The first-order chi connectivity index (χ1) is 9.25. The van der Waals surface area contributed by atoms with E-state index in [1.165, 1.54) is 29.7 Å². The van der Waals surface area contributed by atoms with Crippen molar-refractivity contribution in [1.82, 2.24) is 5.43 Å². The zero-order chi connectivity index (χ0) is 13.5. The molecule has 0 fully saturated rings. The van der Waals surface area contributed by atoms with E-state index < -0.39 is 11.7 Å². The molecule has 1 amide bonds. The smallest absolute Gasteiger partial charge is 0.277 e. The van der Waals surface area contributed by atoms with E-state index >= 15 is 0 Å². The van der Waals surface area contributed by atoms with Crippen LogP contribution in [0.25, 0.3) is 0 Å². The van der Waals surface area contributed by atoms with E-state index in [0.717, 1.165) is 5.56 Å². The molecule has 1 N–H and O–H groups in total. The van der Waals surface area contributed by atoms with Gasteiger partial charge in [0, 0.05) is 5.56 Å². The summed E-state index contributed by atoms with van der Waals surface area (Å²) in [7, 11) is 0. The summed E-state index contributed by atoms with van der Waals surface area (Å²) in [6.45, 7) is -0.290. The SMILES string of the molecule is O=C(COc1ccccc1F)N/N=C/c1ccsc1. The van der Waals surface area contributed by atoms with Gasteiger partial charge in [-0.25, -0.2) is 9.82 Å². The van der Waals surface area contributed by atoms with Gasteiger partial charge < -0.3 is 4.74 Å². The quantitative estimate of drug-likeness (QED) is 0.674. The van der Waals surface area contributed by atoms with Gasteiger partial charge in [0.25, 0.3) is 5.91 Å². The minimum atomic E-state index is -0.503. The van der Waals surface area contributed by atoms with Crippen molar-refractivity contribution in [2.45, 2.75) is 0 Å². The molecule has 0 spiro atoms. The number of benzene rings is 1. The van der Waals surface area contributed by atoms with E-state index in [1.807, 2.05) is 16.8 Å². The topological polar surface area (TPSA) is 50.7 Å². The van der Waals surface area contributed by atoms with E-state index in [4.69, 9.17) is 4.74 Å². The minimum Gasteiger partial charge on any atom is -0.481 e. The molecule has 0 aliphatic carbocycles. The van der Waals surface area contributed by atoms with Gasteiger partial charge in [0.2, 0.25) is 0 Å². The number of hydrogen-bond acceptors (Lipinski definition) is 4. The molecular weight excluding hydrogens is 267 g/mol. The van der Waals surface area contributed by atoms with Gasteiger partial charge in [-0.05, 0) is 29.0 Å². The Bertz CT molecular complexity index is 570. The monoisotopic (exact) mass is 278 g/mol. The predicted molar refractivity (Wildman–Crippen MR) is 72.0 cm³/mol. The first-order valence-electron chi connectivity index (χ1n) is 5.47. The molecule has 19 heavy (non-hydrogen) atoms. The number of hydrogen-bond donors (Lipinski definition) is 1. The number of rotatable bonds is 5. The second-order valence-electron chi connectivity index (χ2n) is 3.57. The highest BCUT2D eigenvalue weighted by molar-refractivity contribution is 7.08. The van der Waals surface area contributed by atoms with Gasteiger partial charge in [0.1, 0.15) is 0 Å². The van der Waals surface area contributed by atoms with Gasteiger partial charge >= 0.3 is 0 Å². The van der Waals surface area contributed by atoms with Gasteiger partial charge in [-0.3, -0.25) is 4.79 Å². The van der Waals surface area contributed by atoms with Crippen molar-refractivity contribution in [2.75, 3.05) is 6.61 Å². The largest absolute Gasteiger partial charge is 0.481 e. The molecule has 2 aromatic rings. The van der Waals surface area contributed by atoms with Crippen LogP contribution in [0.4, 0.5) is 4.39 Å². The van der Waals surface area contributed by atoms with Crippen LogP contribution >= 0.6 is 11.3 Å². The van der Waals surface area contributed by atoms with Gasteiger partial charge in [-0.1, -0.05) is 12.1 Å². The fourth-order valence-electron chi connectivity index (χ4n) is 1.26. The van der Waals surface area contributed by atoms with Crippen LogP contribution < -0.4 is 10.2 Å². The molecule has 2 rings (SSSR count). The number of carbonyl (C=O) groups excluding carboxylic acids is 1. The summed E-state index contributed by atoms with van der Waals surface area (Å²) in [5.41, 5.74) is 3.20. The highest BCUT2D eigenvalue weighted by Gasteiger charge is 2.04. The molecule has 0 bridgehead atoms. The number of para-hydroxylation sites is 1. The third-order valence-corrected chi connectivity index (χ3v) is 2.84. The summed E-state index contributed by atoms with van der Waals surface area (Å²) in [4.78, 5) is 11.4. The normalized spacial score (nSPS) is 10.6. The molecule has 1 aromatic heterocycles. The van der Waals surface area contributed by atoms with E-state index in [0.29, 0.717) is 0 Å². The maximum atomic E-state index is 13.2. The molecule has 0 atom stereocenters. The number of nitrogens with zero attached hydrogens (tertiary/aromatic N) is 1. The number of thiophene rings is 1. The summed E-state index contributed by atoms with van der Waals surface area (Å²) in [5.74, 6) is -0.911. The molecule has 0 saturated carbocycles. The summed E-state index contributed by atoms with van der Waals surface area (Å²) in [6.07, 6.45) is 1.53. The molecule has 0 saturated heterocycles. The van der Waals surface area contributed by atoms with Gasteiger partial charge in [0.05, 0.1) is 6.21 Å². The van der Waals surface area contributed by atoms with Crippen molar-refractivity contribution < 1.29 is 13.9 Å². The zero-order valence-corrected chi connectivity index (χ0v) is 10.7. The lowest BCUT2D eigenvalue weighted by atomic mass is 10.3. The average molecular weight is 278 g/mol. The summed E-state index contributed by atoms with van der Waals surface area (Å²) in [6, 6.07) is 7.77.